The van der Waals surface area contributed by atoms with Crippen molar-refractivity contribution in [3.05, 3.63) is 63.0 Å². The molecule has 1 aromatic heterocycles. The van der Waals surface area contributed by atoms with Gasteiger partial charge < -0.3 is 19.4 Å². The van der Waals surface area contributed by atoms with Crippen LogP contribution in [0.5, 0.6) is 17.2 Å². The number of halogens is 2. The summed E-state index contributed by atoms with van der Waals surface area (Å²) in [5, 5.41) is 20.0. The minimum Gasteiger partial charge on any atom is -0.507 e. The van der Waals surface area contributed by atoms with E-state index in [1.165, 1.54) is 0 Å². The monoisotopic (exact) mass is 530 g/mol. The average Bonchev–Trinajstić information content (AvgIpc) is 3.15. The molecule has 0 atom stereocenters. The number of rotatable bonds is 5. The fraction of sp³-hybridized carbons (Fsp3) is 0.0909. The second kappa shape index (κ2) is 8.49. The van der Waals surface area contributed by atoms with Crippen LogP contribution in [0.2, 0.25) is 0 Å². The molecule has 1 heterocycles. The van der Waals surface area contributed by atoms with Gasteiger partial charge in [-0.1, -0.05) is 15.9 Å². The van der Waals surface area contributed by atoms with E-state index in [9.17, 15) is 10.2 Å². The van der Waals surface area contributed by atoms with Crippen molar-refractivity contribution in [3.8, 4) is 28.7 Å². The molecule has 0 fully saturated rings. The van der Waals surface area contributed by atoms with Crippen LogP contribution in [-0.4, -0.2) is 28.0 Å². The Morgan fingerprint density at radius 2 is 1.93 bits per heavy atom. The van der Waals surface area contributed by atoms with E-state index in [1.54, 1.807) is 54.7 Å². The molecule has 152 valence electrons. The second-order valence-corrected chi connectivity index (χ2v) is 8.14. The first-order chi connectivity index (χ1) is 14.4. The maximum atomic E-state index is 10.4. The van der Waals surface area contributed by atoms with Crippen LogP contribution in [0, 0.1) is 0 Å². The lowest BCUT2D eigenvalue weighted by molar-refractivity contribution is 0.317. The molecule has 0 aliphatic carbocycles. The van der Waals surface area contributed by atoms with Gasteiger partial charge in [0.05, 0.1) is 16.8 Å². The lowest BCUT2D eigenvalue weighted by Crippen LogP contribution is -1.94. The Morgan fingerprint density at radius 1 is 1.10 bits per heavy atom. The van der Waals surface area contributed by atoms with Gasteiger partial charge in [-0.05, 0) is 71.4 Å². The molecule has 0 spiro atoms. The number of hydrogen-bond acceptors (Lipinski definition) is 6. The van der Waals surface area contributed by atoms with E-state index in [0.29, 0.717) is 45.1 Å². The summed E-state index contributed by atoms with van der Waals surface area (Å²) >= 11 is 6.71. The first-order valence-electron chi connectivity index (χ1n) is 9.03. The number of fused-ring (bicyclic) bond motifs is 1. The topological polar surface area (TPSA) is 88.1 Å². The Hall–Kier alpha value is -2.84. The van der Waals surface area contributed by atoms with Gasteiger partial charge in [-0.25, -0.2) is 4.98 Å². The Morgan fingerprint density at radius 3 is 2.70 bits per heavy atom. The molecule has 4 aromatic rings. The van der Waals surface area contributed by atoms with Gasteiger partial charge in [-0.2, -0.15) is 0 Å². The van der Waals surface area contributed by atoms with Gasteiger partial charge in [-0.3, -0.25) is 4.99 Å². The zero-order chi connectivity index (χ0) is 21.3. The number of nitrogens with zero attached hydrogens (tertiary/aromatic N) is 2. The number of phenols is 2. The van der Waals surface area contributed by atoms with E-state index < -0.39 is 0 Å². The van der Waals surface area contributed by atoms with Crippen LogP contribution in [0.1, 0.15) is 12.5 Å². The highest BCUT2D eigenvalue weighted by molar-refractivity contribution is 9.10. The van der Waals surface area contributed by atoms with Gasteiger partial charge in [-0.15, -0.1) is 0 Å². The maximum Gasteiger partial charge on any atom is 0.227 e. The van der Waals surface area contributed by atoms with Gasteiger partial charge in [0.25, 0.3) is 0 Å². The van der Waals surface area contributed by atoms with E-state index in [4.69, 9.17) is 9.15 Å². The Kier molecular flexibility index (Phi) is 5.78. The van der Waals surface area contributed by atoms with Gasteiger partial charge in [0, 0.05) is 21.8 Å². The van der Waals surface area contributed by atoms with Crippen molar-refractivity contribution < 1.29 is 19.4 Å². The third-order valence-electron chi connectivity index (χ3n) is 4.29. The molecular formula is C22H16Br2N2O4. The van der Waals surface area contributed by atoms with Crippen LogP contribution >= 0.6 is 31.9 Å². The number of aromatic hydroxyl groups is 2. The van der Waals surface area contributed by atoms with Crippen molar-refractivity contribution in [1.82, 2.24) is 4.98 Å². The second-order valence-electron chi connectivity index (χ2n) is 6.37. The highest BCUT2D eigenvalue weighted by atomic mass is 79.9. The smallest absolute Gasteiger partial charge is 0.227 e. The van der Waals surface area contributed by atoms with E-state index in [1.807, 2.05) is 6.92 Å². The molecule has 3 aromatic carbocycles. The Balaban J connectivity index is 1.65. The Labute approximate surface area is 189 Å². The minimum atomic E-state index is 0.0338. The number of phenolic OH excluding ortho intramolecular Hbond substituents is 2. The summed E-state index contributed by atoms with van der Waals surface area (Å²) in [6.07, 6.45) is 1.57. The zero-order valence-electron chi connectivity index (χ0n) is 15.8. The van der Waals surface area contributed by atoms with Crippen molar-refractivity contribution >= 4 is 54.9 Å². The largest absolute Gasteiger partial charge is 0.507 e. The van der Waals surface area contributed by atoms with Crippen LogP contribution < -0.4 is 4.74 Å². The van der Waals surface area contributed by atoms with Crippen LogP contribution in [-0.2, 0) is 0 Å². The van der Waals surface area contributed by atoms with Gasteiger partial charge in [0.1, 0.15) is 11.3 Å². The van der Waals surface area contributed by atoms with Crippen LogP contribution in [0.25, 0.3) is 22.6 Å². The zero-order valence-corrected chi connectivity index (χ0v) is 18.9. The molecule has 6 nitrogen and oxygen atoms in total. The fourth-order valence-electron chi connectivity index (χ4n) is 2.86. The van der Waals surface area contributed by atoms with Crippen LogP contribution in [0.4, 0.5) is 5.69 Å². The molecular weight excluding hydrogens is 516 g/mol. The van der Waals surface area contributed by atoms with Crippen LogP contribution in [0.15, 0.2) is 66.9 Å². The summed E-state index contributed by atoms with van der Waals surface area (Å²) in [7, 11) is 0. The van der Waals surface area contributed by atoms with E-state index in [2.05, 4.69) is 41.8 Å². The lowest BCUT2D eigenvalue weighted by Gasteiger charge is -2.08. The van der Waals surface area contributed by atoms with Crippen molar-refractivity contribution in [1.29, 1.82) is 0 Å². The average molecular weight is 532 g/mol. The number of ether oxygens (including phenoxy) is 1. The number of aromatic nitrogens is 1. The molecule has 4 rings (SSSR count). The van der Waals surface area contributed by atoms with Crippen molar-refractivity contribution in [2.45, 2.75) is 6.92 Å². The molecule has 2 N–H and O–H groups in total. The summed E-state index contributed by atoms with van der Waals surface area (Å²) in [5.41, 5.74) is 3.20. The number of aliphatic imine (C=N–C) groups is 1. The number of benzene rings is 3. The summed E-state index contributed by atoms with van der Waals surface area (Å²) in [4.78, 5) is 8.97. The summed E-state index contributed by atoms with van der Waals surface area (Å²) in [6.45, 7) is 2.30. The van der Waals surface area contributed by atoms with Crippen LogP contribution in [0.3, 0.4) is 0 Å². The molecule has 0 amide bonds. The highest BCUT2D eigenvalue weighted by Crippen LogP contribution is 2.34. The normalized spacial score (nSPS) is 11.4. The van der Waals surface area contributed by atoms with Crippen molar-refractivity contribution in [3.63, 3.8) is 0 Å². The molecule has 30 heavy (non-hydrogen) atoms. The number of oxazole rings is 1. The summed E-state index contributed by atoms with van der Waals surface area (Å²) in [5.74, 6) is 1.02. The SMILES string of the molecule is CCOc1cc(Br)cc(C=Nc2ccc3oc(-c4ccc(O)c(Br)c4)nc3c2)c1O. The first kappa shape index (κ1) is 20.4. The summed E-state index contributed by atoms with van der Waals surface area (Å²) < 4.78 is 12.6. The quantitative estimate of drug-likeness (QED) is 0.284. The molecule has 0 aliphatic heterocycles. The highest BCUT2D eigenvalue weighted by Gasteiger charge is 2.11. The van der Waals surface area contributed by atoms with Gasteiger partial charge >= 0.3 is 0 Å². The molecule has 0 radical (unpaired) electrons. The molecule has 0 saturated heterocycles. The summed E-state index contributed by atoms with van der Waals surface area (Å²) in [6, 6.07) is 13.9. The predicted molar refractivity (Wildman–Crippen MR) is 123 cm³/mol. The maximum absolute atomic E-state index is 10.4. The van der Waals surface area contributed by atoms with Crippen molar-refractivity contribution in [2.75, 3.05) is 6.61 Å². The molecule has 8 heteroatoms. The van der Waals surface area contributed by atoms with Crippen molar-refractivity contribution in [2.24, 2.45) is 4.99 Å². The standard InChI is InChI=1S/C22H16Br2N2O4/c1-2-29-20-9-14(23)7-13(21(20)28)11-25-15-4-6-19-17(10-15)26-22(30-19)12-3-5-18(27)16(24)8-12/h3-11,27-28H,2H2,1H3. The fourth-order valence-corrected chi connectivity index (χ4v) is 3.70. The third-order valence-corrected chi connectivity index (χ3v) is 5.38. The van der Waals surface area contributed by atoms with E-state index in [-0.39, 0.29) is 11.5 Å². The first-order valence-corrected chi connectivity index (χ1v) is 10.6. The van der Waals surface area contributed by atoms with Gasteiger partial charge in [0.15, 0.2) is 17.1 Å². The van der Waals surface area contributed by atoms with E-state index in [0.717, 1.165) is 10.0 Å². The molecule has 0 unspecified atom stereocenters. The molecule has 0 bridgehead atoms. The van der Waals surface area contributed by atoms with E-state index >= 15 is 0 Å². The third kappa shape index (κ3) is 4.20. The predicted octanol–water partition coefficient (Wildman–Crippen LogP) is 6.58. The molecule has 0 saturated carbocycles. The molecule has 0 aliphatic rings. The minimum absolute atomic E-state index is 0.0338. The number of hydrogen-bond donors (Lipinski definition) is 2. The van der Waals surface area contributed by atoms with Gasteiger partial charge in [0.2, 0.25) is 5.89 Å². The Bertz CT molecular complexity index is 1270. The lowest BCUT2D eigenvalue weighted by atomic mass is 10.2.